The quantitative estimate of drug-likeness (QED) is 0.780. The summed E-state index contributed by atoms with van der Waals surface area (Å²) in [7, 11) is 3.13. The van der Waals surface area contributed by atoms with E-state index in [1.807, 2.05) is 31.2 Å². The first-order chi connectivity index (χ1) is 11.0. The molecular weight excluding hydrogens is 334 g/mol. The van der Waals surface area contributed by atoms with Crippen LogP contribution in [0.1, 0.15) is 6.92 Å². The van der Waals surface area contributed by atoms with Crippen LogP contribution in [0.15, 0.2) is 47.4 Å². The molecule has 23 heavy (non-hydrogen) atoms. The van der Waals surface area contributed by atoms with Gasteiger partial charge in [-0.25, -0.2) is 0 Å². The zero-order valence-corrected chi connectivity index (χ0v) is 14.7. The molecule has 0 aliphatic carbocycles. The molecule has 6 heteroatoms. The molecule has 0 saturated carbocycles. The van der Waals surface area contributed by atoms with Crippen LogP contribution in [0.4, 0.5) is 5.69 Å². The Morgan fingerprint density at radius 3 is 2.35 bits per heavy atom. The van der Waals surface area contributed by atoms with E-state index in [0.717, 1.165) is 4.90 Å². The van der Waals surface area contributed by atoms with Gasteiger partial charge in [0.25, 0.3) is 0 Å². The summed E-state index contributed by atoms with van der Waals surface area (Å²) >= 11 is 7.33. The molecule has 1 atom stereocenters. The number of amides is 1. The van der Waals surface area contributed by atoms with Gasteiger partial charge in [0.1, 0.15) is 0 Å². The Morgan fingerprint density at radius 1 is 1.09 bits per heavy atom. The van der Waals surface area contributed by atoms with Crippen LogP contribution in [0.3, 0.4) is 0 Å². The molecule has 0 bridgehead atoms. The third-order valence-corrected chi connectivity index (χ3v) is 4.51. The Hall–Kier alpha value is -1.85. The summed E-state index contributed by atoms with van der Waals surface area (Å²) in [5.74, 6) is 1.11. The second-order valence-corrected chi connectivity index (χ2v) is 6.62. The van der Waals surface area contributed by atoms with Gasteiger partial charge in [-0.15, -0.1) is 11.8 Å². The zero-order chi connectivity index (χ0) is 16.8. The summed E-state index contributed by atoms with van der Waals surface area (Å²) in [6, 6.07) is 12.7. The van der Waals surface area contributed by atoms with Crippen molar-refractivity contribution in [2.24, 2.45) is 0 Å². The van der Waals surface area contributed by atoms with E-state index in [2.05, 4.69) is 5.32 Å². The van der Waals surface area contributed by atoms with Gasteiger partial charge in [-0.2, -0.15) is 0 Å². The molecule has 1 amide bonds. The van der Waals surface area contributed by atoms with Gasteiger partial charge in [0, 0.05) is 21.7 Å². The van der Waals surface area contributed by atoms with Crippen molar-refractivity contribution in [1.29, 1.82) is 0 Å². The molecule has 0 spiro atoms. The van der Waals surface area contributed by atoms with Crippen LogP contribution < -0.4 is 14.8 Å². The van der Waals surface area contributed by atoms with Gasteiger partial charge in [-0.3, -0.25) is 4.79 Å². The van der Waals surface area contributed by atoms with Crippen molar-refractivity contribution in [3.05, 3.63) is 47.5 Å². The molecule has 0 heterocycles. The van der Waals surface area contributed by atoms with Gasteiger partial charge in [0.05, 0.1) is 19.5 Å². The molecule has 1 N–H and O–H groups in total. The topological polar surface area (TPSA) is 47.6 Å². The van der Waals surface area contributed by atoms with Crippen LogP contribution in [-0.2, 0) is 4.79 Å². The average Bonchev–Trinajstić information content (AvgIpc) is 2.56. The van der Waals surface area contributed by atoms with Crippen molar-refractivity contribution < 1.29 is 14.3 Å². The predicted octanol–water partition coefficient (Wildman–Crippen LogP) is 4.48. The normalized spacial score (nSPS) is 11.7. The van der Waals surface area contributed by atoms with Crippen molar-refractivity contribution in [2.75, 3.05) is 19.5 Å². The fourth-order valence-corrected chi connectivity index (χ4v) is 2.92. The van der Waals surface area contributed by atoms with Crippen molar-refractivity contribution in [3.63, 3.8) is 0 Å². The Morgan fingerprint density at radius 2 is 1.74 bits per heavy atom. The number of carbonyl (C=O) groups is 1. The standard InChI is InChI=1S/C17H18ClNO3S/c1-11(23-14-7-4-12(18)5-8-14)17(20)19-13-6-9-15(21-2)16(10-13)22-3/h4-11H,1-3H3,(H,19,20)/t11-/m0/s1. The molecule has 2 aromatic carbocycles. The van der Waals surface area contributed by atoms with E-state index in [1.165, 1.54) is 11.8 Å². The summed E-state index contributed by atoms with van der Waals surface area (Å²) in [4.78, 5) is 13.3. The van der Waals surface area contributed by atoms with E-state index in [9.17, 15) is 4.79 Å². The van der Waals surface area contributed by atoms with E-state index in [1.54, 1.807) is 32.4 Å². The van der Waals surface area contributed by atoms with Crippen LogP contribution >= 0.6 is 23.4 Å². The lowest BCUT2D eigenvalue weighted by atomic mass is 10.2. The lowest BCUT2D eigenvalue weighted by molar-refractivity contribution is -0.115. The first-order valence-electron chi connectivity index (χ1n) is 6.98. The van der Waals surface area contributed by atoms with Gasteiger partial charge < -0.3 is 14.8 Å². The lowest BCUT2D eigenvalue weighted by Gasteiger charge is -2.14. The molecule has 0 aliphatic rings. The van der Waals surface area contributed by atoms with Gasteiger partial charge in [-0.05, 0) is 43.3 Å². The first-order valence-corrected chi connectivity index (χ1v) is 8.24. The van der Waals surface area contributed by atoms with Crippen LogP contribution in [0.25, 0.3) is 0 Å². The number of thioether (sulfide) groups is 1. The highest BCUT2D eigenvalue weighted by Gasteiger charge is 2.15. The van der Waals surface area contributed by atoms with E-state index in [0.29, 0.717) is 22.2 Å². The predicted molar refractivity (Wildman–Crippen MR) is 94.9 cm³/mol. The second-order valence-electron chi connectivity index (χ2n) is 4.77. The maximum atomic E-state index is 12.3. The van der Waals surface area contributed by atoms with Gasteiger partial charge in [0.15, 0.2) is 11.5 Å². The van der Waals surface area contributed by atoms with Crippen LogP contribution in [0, 0.1) is 0 Å². The third kappa shape index (κ3) is 4.81. The van der Waals surface area contributed by atoms with Crippen LogP contribution in [0.2, 0.25) is 5.02 Å². The summed E-state index contributed by atoms with van der Waals surface area (Å²) in [6.45, 7) is 1.86. The molecule has 2 aromatic rings. The minimum Gasteiger partial charge on any atom is -0.493 e. The van der Waals surface area contributed by atoms with Crippen molar-refractivity contribution in [1.82, 2.24) is 0 Å². The van der Waals surface area contributed by atoms with Crippen LogP contribution in [-0.4, -0.2) is 25.4 Å². The number of rotatable bonds is 6. The summed E-state index contributed by atoms with van der Waals surface area (Å²) < 4.78 is 10.4. The highest BCUT2D eigenvalue weighted by molar-refractivity contribution is 8.00. The van der Waals surface area contributed by atoms with E-state index < -0.39 is 0 Å². The fourth-order valence-electron chi connectivity index (χ4n) is 1.93. The van der Waals surface area contributed by atoms with Crippen LogP contribution in [0.5, 0.6) is 11.5 Å². The fraction of sp³-hybridized carbons (Fsp3) is 0.235. The van der Waals surface area contributed by atoms with E-state index in [-0.39, 0.29) is 11.2 Å². The SMILES string of the molecule is COc1ccc(NC(=O)[C@H](C)Sc2ccc(Cl)cc2)cc1OC. The molecule has 0 fully saturated rings. The zero-order valence-electron chi connectivity index (χ0n) is 13.1. The number of halogens is 1. The molecule has 0 unspecified atom stereocenters. The molecular formula is C17H18ClNO3S. The number of carbonyl (C=O) groups excluding carboxylic acids is 1. The second kappa shape index (κ2) is 8.13. The Balaban J connectivity index is 2.01. The highest BCUT2D eigenvalue weighted by atomic mass is 35.5. The van der Waals surface area contributed by atoms with Gasteiger partial charge >= 0.3 is 0 Å². The first kappa shape index (κ1) is 17.5. The molecule has 0 aliphatic heterocycles. The smallest absolute Gasteiger partial charge is 0.237 e. The molecule has 0 aromatic heterocycles. The molecule has 122 valence electrons. The number of benzene rings is 2. The minimum absolute atomic E-state index is 0.0860. The van der Waals surface area contributed by atoms with Crippen molar-refractivity contribution >= 4 is 35.0 Å². The number of methoxy groups -OCH3 is 2. The summed E-state index contributed by atoms with van der Waals surface area (Å²) in [6.07, 6.45) is 0. The number of anilines is 1. The molecule has 2 rings (SSSR count). The maximum absolute atomic E-state index is 12.3. The maximum Gasteiger partial charge on any atom is 0.237 e. The average molecular weight is 352 g/mol. The third-order valence-electron chi connectivity index (χ3n) is 3.15. The number of ether oxygens (including phenoxy) is 2. The Labute approximate surface area is 145 Å². The van der Waals surface area contributed by atoms with Gasteiger partial charge in [0.2, 0.25) is 5.91 Å². The summed E-state index contributed by atoms with van der Waals surface area (Å²) in [5, 5.41) is 3.31. The monoisotopic (exact) mass is 351 g/mol. The molecule has 0 radical (unpaired) electrons. The Bertz CT molecular complexity index is 676. The van der Waals surface area contributed by atoms with Crippen molar-refractivity contribution in [2.45, 2.75) is 17.1 Å². The minimum atomic E-state index is -0.246. The van der Waals surface area contributed by atoms with E-state index in [4.69, 9.17) is 21.1 Å². The number of hydrogen-bond donors (Lipinski definition) is 1. The Kier molecular flexibility index (Phi) is 6.19. The lowest BCUT2D eigenvalue weighted by Crippen LogP contribution is -2.22. The van der Waals surface area contributed by atoms with Crippen molar-refractivity contribution in [3.8, 4) is 11.5 Å². The summed E-state index contributed by atoms with van der Waals surface area (Å²) in [5.41, 5.74) is 0.663. The number of hydrogen-bond acceptors (Lipinski definition) is 4. The molecule has 0 saturated heterocycles. The number of nitrogens with one attached hydrogen (secondary N) is 1. The molecule has 4 nitrogen and oxygen atoms in total. The largest absolute Gasteiger partial charge is 0.493 e. The van der Waals surface area contributed by atoms with E-state index >= 15 is 0 Å². The highest BCUT2D eigenvalue weighted by Crippen LogP contribution is 2.30. The van der Waals surface area contributed by atoms with Gasteiger partial charge in [-0.1, -0.05) is 11.6 Å².